The van der Waals surface area contributed by atoms with Gasteiger partial charge in [-0.1, -0.05) is 43.1 Å². The van der Waals surface area contributed by atoms with E-state index in [9.17, 15) is 29.3 Å². The van der Waals surface area contributed by atoms with Crippen LogP contribution < -0.4 is 40.0 Å². The van der Waals surface area contributed by atoms with Crippen LogP contribution in [0.2, 0.25) is 10.0 Å². The maximum absolute atomic E-state index is 13.6. The van der Waals surface area contributed by atoms with Gasteiger partial charge in [-0.3, -0.25) is 4.79 Å². The fraction of sp³-hybridized carbons (Fsp3) is 0.370. The molecule has 0 aliphatic rings. The summed E-state index contributed by atoms with van der Waals surface area (Å²) in [5, 5.41) is 34.6. The maximum Gasteiger partial charge on any atom is 1.00 e. The van der Waals surface area contributed by atoms with E-state index in [1.54, 1.807) is 34.9 Å². The van der Waals surface area contributed by atoms with E-state index in [0.29, 0.717) is 27.1 Å². The number of carbonyl (C=O) groups is 2. The van der Waals surface area contributed by atoms with Crippen molar-refractivity contribution in [2.75, 3.05) is 0 Å². The van der Waals surface area contributed by atoms with Gasteiger partial charge in [0.15, 0.2) is 0 Å². The maximum atomic E-state index is 13.6. The minimum atomic E-state index is -1.41. The Bertz CT molecular complexity index is 1290. The minimum absolute atomic E-state index is 0. The number of aliphatic hydroxyl groups is 2. The molecule has 0 unspecified atom stereocenters. The Hall–Kier alpha value is -1.98. The summed E-state index contributed by atoms with van der Waals surface area (Å²) in [6.07, 6.45) is -2.84. The quantitative estimate of drug-likeness (QED) is 0.268. The monoisotopic (exact) mass is 587 g/mol. The first-order valence-corrected chi connectivity index (χ1v) is 12.9. The van der Waals surface area contributed by atoms with Gasteiger partial charge >= 0.3 is 29.6 Å². The fourth-order valence-electron chi connectivity index (χ4n) is 4.16. The van der Waals surface area contributed by atoms with Crippen LogP contribution in [0.4, 0.5) is 4.39 Å². The van der Waals surface area contributed by atoms with E-state index in [-0.39, 0.29) is 67.1 Å². The van der Waals surface area contributed by atoms with Crippen molar-refractivity contribution in [2.24, 2.45) is 0 Å². The zero-order valence-electron chi connectivity index (χ0n) is 22.0. The number of nitrogens with zero attached hydrogens (tertiary/aromatic N) is 2. The molecule has 12 heteroatoms. The van der Waals surface area contributed by atoms with E-state index in [0.717, 1.165) is 5.56 Å². The molecule has 0 radical (unpaired) electrons. The minimum Gasteiger partial charge on any atom is -0.550 e. The van der Waals surface area contributed by atoms with Crippen molar-refractivity contribution in [3.63, 3.8) is 0 Å². The number of nitrogens with one attached hydrogen (secondary N) is 1. The van der Waals surface area contributed by atoms with E-state index >= 15 is 0 Å². The number of carboxylic acids is 1. The predicted octanol–water partition coefficient (Wildman–Crippen LogP) is 0.695. The second kappa shape index (κ2) is 15.1. The average Bonchev–Trinajstić information content (AvgIpc) is 3.23. The number of carboxylic acid groups (broad SMARTS) is 1. The Kier molecular flexibility index (Phi) is 12.9. The van der Waals surface area contributed by atoms with Crippen LogP contribution in [0.3, 0.4) is 0 Å². The molecule has 0 bridgehead atoms. The van der Waals surface area contributed by atoms with Crippen LogP contribution in [0.5, 0.6) is 0 Å². The number of aliphatic carboxylic acids is 1. The van der Waals surface area contributed by atoms with E-state index in [1.807, 2.05) is 13.8 Å². The number of rotatable bonds is 12. The van der Waals surface area contributed by atoms with Gasteiger partial charge in [-0.05, 0) is 60.7 Å². The van der Waals surface area contributed by atoms with Crippen molar-refractivity contribution < 1.29 is 58.9 Å². The standard InChI is InChI=1S/C27H30Cl2FN3O5.Na/c1-15(2)25-24(27(38)31-14-16-3-8-21(28)22(29)11-16)32-26(17-4-6-18(30)7-5-17)33(25)10-9-19(34)12-20(35)13-23(36)37;/h3-8,11,15,19-20,34-35H,9-10,12-14H2,1-2H3,(H,31,38)(H,36,37);/q;+1/p-1/t19-,20-;/m1./s1. The molecule has 0 saturated heterocycles. The molecule has 2 atom stereocenters. The van der Waals surface area contributed by atoms with Gasteiger partial charge < -0.3 is 30.0 Å². The molecule has 1 heterocycles. The van der Waals surface area contributed by atoms with Gasteiger partial charge in [-0.25, -0.2) is 9.37 Å². The fourth-order valence-corrected chi connectivity index (χ4v) is 4.49. The third-order valence-electron chi connectivity index (χ3n) is 5.94. The number of imidazole rings is 1. The summed E-state index contributed by atoms with van der Waals surface area (Å²) >= 11 is 12.0. The first kappa shape index (κ1) is 33.2. The first-order valence-electron chi connectivity index (χ1n) is 12.1. The van der Waals surface area contributed by atoms with Gasteiger partial charge in [0.1, 0.15) is 17.3 Å². The van der Waals surface area contributed by atoms with Gasteiger partial charge in [0.05, 0.1) is 27.9 Å². The molecular weight excluding hydrogens is 559 g/mol. The molecule has 3 N–H and O–H groups in total. The van der Waals surface area contributed by atoms with E-state index in [4.69, 9.17) is 23.2 Å². The van der Waals surface area contributed by atoms with Crippen LogP contribution in [-0.4, -0.2) is 43.8 Å². The SMILES string of the molecule is CC(C)c1c(C(=O)NCc2ccc(Cl)c(Cl)c2)nc(-c2ccc(F)cc2)n1CC[C@@H](O)C[C@@H](O)CC(=O)[O-].[Na+]. The largest absolute Gasteiger partial charge is 1.00 e. The molecule has 0 fully saturated rings. The number of benzene rings is 2. The molecule has 3 aromatic rings. The van der Waals surface area contributed by atoms with E-state index in [1.165, 1.54) is 12.1 Å². The molecular formula is C27H29Cl2FN3NaO5. The Morgan fingerprint density at radius 3 is 2.33 bits per heavy atom. The summed E-state index contributed by atoms with van der Waals surface area (Å²) in [6, 6.07) is 10.7. The van der Waals surface area contributed by atoms with Crippen LogP contribution in [0.1, 0.15) is 60.8 Å². The summed E-state index contributed by atoms with van der Waals surface area (Å²) in [4.78, 5) is 28.6. The molecule has 39 heavy (non-hydrogen) atoms. The number of hydrogen-bond acceptors (Lipinski definition) is 6. The zero-order chi connectivity index (χ0) is 28.0. The number of carbonyl (C=O) groups excluding carboxylic acids is 2. The average molecular weight is 588 g/mol. The number of aliphatic hydroxyl groups excluding tert-OH is 2. The Morgan fingerprint density at radius 1 is 1.08 bits per heavy atom. The second-order valence-electron chi connectivity index (χ2n) is 9.32. The first-order chi connectivity index (χ1) is 18.0. The van der Waals surface area contributed by atoms with Crippen LogP contribution in [0, 0.1) is 5.82 Å². The molecule has 0 spiro atoms. The summed E-state index contributed by atoms with van der Waals surface area (Å²) in [6.45, 7) is 4.20. The van der Waals surface area contributed by atoms with E-state index < -0.39 is 36.3 Å². The van der Waals surface area contributed by atoms with Crippen LogP contribution >= 0.6 is 23.2 Å². The van der Waals surface area contributed by atoms with Crippen molar-refractivity contribution in [1.82, 2.24) is 14.9 Å². The number of halogens is 3. The molecule has 1 aromatic heterocycles. The van der Waals surface area contributed by atoms with Gasteiger partial charge in [0.25, 0.3) is 5.91 Å². The molecule has 0 aliphatic heterocycles. The van der Waals surface area contributed by atoms with Crippen LogP contribution in [0.15, 0.2) is 42.5 Å². The predicted molar refractivity (Wildman–Crippen MR) is 140 cm³/mol. The topological polar surface area (TPSA) is 128 Å². The zero-order valence-corrected chi connectivity index (χ0v) is 25.5. The molecule has 8 nitrogen and oxygen atoms in total. The van der Waals surface area contributed by atoms with Crippen molar-refractivity contribution in [1.29, 1.82) is 0 Å². The van der Waals surface area contributed by atoms with Gasteiger partial charge in [0.2, 0.25) is 0 Å². The normalized spacial score (nSPS) is 12.6. The van der Waals surface area contributed by atoms with Gasteiger partial charge in [-0.15, -0.1) is 0 Å². The number of amides is 1. The third kappa shape index (κ3) is 9.28. The van der Waals surface area contributed by atoms with Crippen molar-refractivity contribution in [3.05, 3.63) is 75.3 Å². The smallest absolute Gasteiger partial charge is 0.550 e. The van der Waals surface area contributed by atoms with Gasteiger partial charge in [0, 0.05) is 31.0 Å². The Morgan fingerprint density at radius 2 is 1.74 bits per heavy atom. The van der Waals surface area contributed by atoms with Crippen molar-refractivity contribution >= 4 is 35.1 Å². The number of hydrogen-bond donors (Lipinski definition) is 3. The second-order valence-corrected chi connectivity index (χ2v) is 10.1. The molecule has 1 amide bonds. The third-order valence-corrected chi connectivity index (χ3v) is 6.68. The summed E-state index contributed by atoms with van der Waals surface area (Å²) in [7, 11) is 0. The summed E-state index contributed by atoms with van der Waals surface area (Å²) < 4.78 is 15.4. The Labute approximate surface area is 258 Å². The van der Waals surface area contributed by atoms with Crippen LogP contribution in [0.25, 0.3) is 11.4 Å². The van der Waals surface area contributed by atoms with Crippen molar-refractivity contribution in [2.45, 2.75) is 64.3 Å². The van der Waals surface area contributed by atoms with E-state index in [2.05, 4.69) is 10.3 Å². The molecule has 2 aromatic carbocycles. The molecule has 3 rings (SSSR count). The summed E-state index contributed by atoms with van der Waals surface area (Å²) in [5.41, 5.74) is 2.11. The van der Waals surface area contributed by atoms with Gasteiger partial charge in [-0.2, -0.15) is 0 Å². The molecule has 204 valence electrons. The number of aromatic nitrogens is 2. The molecule has 0 aliphatic carbocycles. The van der Waals surface area contributed by atoms with Crippen molar-refractivity contribution in [3.8, 4) is 11.4 Å². The Balaban J connectivity index is 0.00000533. The van der Waals surface area contributed by atoms with Crippen LogP contribution in [-0.2, 0) is 17.9 Å². The summed E-state index contributed by atoms with van der Waals surface area (Å²) in [5.74, 6) is -1.99. The molecule has 0 saturated carbocycles.